The average molecular weight is 645 g/mol. The van der Waals surface area contributed by atoms with E-state index in [0.29, 0.717) is 21.9 Å². The lowest BCUT2D eigenvalue weighted by molar-refractivity contribution is 0.569. The van der Waals surface area contributed by atoms with E-state index in [1.54, 1.807) is 0 Å². The Morgan fingerprint density at radius 3 is 1.22 bits per heavy atom. The highest BCUT2D eigenvalue weighted by Crippen LogP contribution is 2.39. The lowest BCUT2D eigenvalue weighted by atomic mass is 10.0. The molecule has 0 bridgehead atoms. The van der Waals surface area contributed by atoms with Crippen LogP contribution in [0.5, 0.6) is 0 Å². The van der Waals surface area contributed by atoms with E-state index in [9.17, 15) is 9.59 Å². The molecule has 0 radical (unpaired) electrons. The molecule has 0 aliphatic carbocycles. The third-order valence-corrected chi connectivity index (χ3v) is 10.2. The maximum atomic E-state index is 13.3. The van der Waals surface area contributed by atoms with Gasteiger partial charge in [-0.2, -0.15) is 0 Å². The highest BCUT2D eigenvalue weighted by molar-refractivity contribution is 6.19. The monoisotopic (exact) mass is 644 g/mol. The molecule has 11 aromatic rings. The van der Waals surface area contributed by atoms with Gasteiger partial charge < -0.3 is 18.0 Å². The minimum atomic E-state index is -0.360. The molecule has 6 nitrogen and oxygen atoms in total. The fourth-order valence-electron chi connectivity index (χ4n) is 8.01. The Kier molecular flexibility index (Phi) is 5.31. The van der Waals surface area contributed by atoms with Gasteiger partial charge in [-0.05, 0) is 66.7 Å². The molecule has 0 amide bonds. The fourth-order valence-corrected chi connectivity index (χ4v) is 8.01. The van der Waals surface area contributed by atoms with Crippen molar-refractivity contribution in [3.05, 3.63) is 166 Å². The molecule has 0 N–H and O–H groups in total. The van der Waals surface area contributed by atoms with E-state index in [1.165, 1.54) is 0 Å². The smallest absolute Gasteiger partial charge is 0.344 e. The second-order valence-corrected chi connectivity index (χ2v) is 12.8. The van der Waals surface area contributed by atoms with Gasteiger partial charge in [-0.1, -0.05) is 78.9 Å². The van der Waals surface area contributed by atoms with E-state index in [0.717, 1.165) is 76.5 Å². The Morgan fingerprint density at radius 2 is 0.740 bits per heavy atom. The van der Waals surface area contributed by atoms with Crippen molar-refractivity contribution in [2.45, 2.75) is 0 Å². The zero-order valence-electron chi connectivity index (χ0n) is 26.4. The van der Waals surface area contributed by atoms with Crippen LogP contribution in [0.2, 0.25) is 0 Å². The van der Waals surface area contributed by atoms with E-state index in [4.69, 9.17) is 8.83 Å². The second-order valence-electron chi connectivity index (χ2n) is 12.8. The predicted octanol–water partition coefficient (Wildman–Crippen LogP) is 10.4. The molecule has 0 aliphatic rings. The maximum Gasteiger partial charge on any atom is 0.344 e. The third-order valence-electron chi connectivity index (χ3n) is 10.2. The molecule has 0 saturated heterocycles. The lowest BCUT2D eigenvalue weighted by Crippen LogP contribution is -2.02. The molecule has 7 aromatic carbocycles. The molecule has 0 saturated carbocycles. The van der Waals surface area contributed by atoms with Crippen LogP contribution in [0, 0.1) is 0 Å². The number of benzene rings is 7. The second kappa shape index (κ2) is 9.81. The molecule has 234 valence electrons. The normalized spacial score (nSPS) is 12.2. The van der Waals surface area contributed by atoms with Crippen LogP contribution in [-0.4, -0.2) is 9.13 Å². The highest BCUT2D eigenvalue weighted by Gasteiger charge is 2.19. The molecule has 0 atom stereocenters. The zero-order chi connectivity index (χ0) is 33.1. The topological polar surface area (TPSA) is 70.3 Å². The molecule has 0 fully saturated rings. The molecule has 0 unspecified atom stereocenters. The van der Waals surface area contributed by atoms with Crippen molar-refractivity contribution in [2.75, 3.05) is 0 Å². The van der Waals surface area contributed by atoms with E-state index >= 15 is 0 Å². The molecular weight excluding hydrogens is 620 g/mol. The van der Waals surface area contributed by atoms with Crippen molar-refractivity contribution in [3.63, 3.8) is 0 Å². The van der Waals surface area contributed by atoms with Crippen LogP contribution in [0.3, 0.4) is 0 Å². The summed E-state index contributed by atoms with van der Waals surface area (Å²) in [6.45, 7) is 0. The number of aromatic nitrogens is 2. The molecule has 4 heterocycles. The summed E-state index contributed by atoms with van der Waals surface area (Å²) in [5, 5.41) is 8.92. The molecule has 11 rings (SSSR count). The summed E-state index contributed by atoms with van der Waals surface area (Å²) in [7, 11) is 0. The quantitative estimate of drug-likeness (QED) is 0.139. The van der Waals surface area contributed by atoms with E-state index in [1.807, 2.05) is 84.9 Å². The first-order valence-corrected chi connectivity index (χ1v) is 16.5. The fraction of sp³-hybridized carbons (Fsp3) is 0. The van der Waals surface area contributed by atoms with E-state index in [2.05, 4.69) is 69.8 Å². The highest BCUT2D eigenvalue weighted by atomic mass is 16.4. The molecule has 4 aromatic heterocycles. The first-order valence-electron chi connectivity index (χ1n) is 16.5. The number of hydrogen-bond acceptors (Lipinski definition) is 4. The van der Waals surface area contributed by atoms with Gasteiger partial charge in [0.1, 0.15) is 11.2 Å². The third kappa shape index (κ3) is 3.62. The van der Waals surface area contributed by atoms with Crippen LogP contribution >= 0.6 is 0 Å². The summed E-state index contributed by atoms with van der Waals surface area (Å²) in [4.78, 5) is 26.7. The van der Waals surface area contributed by atoms with Crippen molar-refractivity contribution in [3.8, 4) is 11.4 Å². The van der Waals surface area contributed by atoms with Gasteiger partial charge in [-0.25, -0.2) is 9.59 Å². The van der Waals surface area contributed by atoms with Gasteiger partial charge in [0.2, 0.25) is 0 Å². The van der Waals surface area contributed by atoms with Crippen molar-refractivity contribution < 1.29 is 8.83 Å². The van der Waals surface area contributed by atoms with Gasteiger partial charge in [0.15, 0.2) is 0 Å². The van der Waals surface area contributed by atoms with Gasteiger partial charge in [0.05, 0.1) is 32.8 Å². The Morgan fingerprint density at radius 1 is 0.320 bits per heavy atom. The van der Waals surface area contributed by atoms with Gasteiger partial charge >= 0.3 is 11.3 Å². The van der Waals surface area contributed by atoms with Crippen molar-refractivity contribution in [1.82, 2.24) is 9.13 Å². The van der Waals surface area contributed by atoms with Gasteiger partial charge in [-0.15, -0.1) is 0 Å². The molecule has 50 heavy (non-hydrogen) atoms. The number of rotatable bonds is 2. The zero-order valence-corrected chi connectivity index (χ0v) is 26.4. The summed E-state index contributed by atoms with van der Waals surface area (Å²) in [6.07, 6.45) is 0. The first kappa shape index (κ1) is 27.1. The molecular formula is C44H24N2O4. The number of nitrogens with zero attached hydrogens (tertiary/aromatic N) is 2. The maximum absolute atomic E-state index is 13.3. The Balaban J connectivity index is 1.21. The summed E-state index contributed by atoms with van der Waals surface area (Å²) >= 11 is 0. The summed E-state index contributed by atoms with van der Waals surface area (Å²) in [5.41, 5.74) is 6.19. The van der Waals surface area contributed by atoms with Crippen LogP contribution in [0.1, 0.15) is 0 Å². The van der Waals surface area contributed by atoms with Crippen LogP contribution < -0.4 is 11.3 Å². The lowest BCUT2D eigenvalue weighted by Gasteiger charge is -2.13. The SMILES string of the molecule is O=c1oc2ccccc2c2cc3c4ccccc4n(-c4cccc(-n5c6ccccc6c6cc7c(cc65)c(=O)oc5ccccc57)c4)c3cc12. The van der Waals surface area contributed by atoms with E-state index < -0.39 is 0 Å². The van der Waals surface area contributed by atoms with Crippen LogP contribution in [-0.2, 0) is 0 Å². The predicted molar refractivity (Wildman–Crippen MR) is 202 cm³/mol. The summed E-state index contributed by atoms with van der Waals surface area (Å²) < 4.78 is 15.9. The standard InChI is InChI=1S/C44H24N2O4/c47-43-35-23-39-33(21-31(35)29-14-3-7-18-41(29)49-43)27-12-1-5-16-37(27)45(39)25-10-9-11-26(20-25)46-38-17-6-2-13-28(38)34-22-32-30-15-4-8-19-42(30)50-44(48)36(32)24-40(34)46/h1-24H. The minimum absolute atomic E-state index is 0.360. The van der Waals surface area contributed by atoms with Crippen molar-refractivity contribution in [1.29, 1.82) is 0 Å². The average Bonchev–Trinajstić information content (AvgIpc) is 3.66. The Bertz CT molecular complexity index is 3160. The molecule has 0 spiro atoms. The number of hydrogen-bond donors (Lipinski definition) is 0. The van der Waals surface area contributed by atoms with Crippen LogP contribution in [0.25, 0.3) is 98.5 Å². The van der Waals surface area contributed by atoms with Crippen molar-refractivity contribution >= 4 is 87.1 Å². The van der Waals surface area contributed by atoms with Crippen LogP contribution in [0.15, 0.2) is 164 Å². The van der Waals surface area contributed by atoms with Gasteiger partial charge in [-0.3, -0.25) is 0 Å². The minimum Gasteiger partial charge on any atom is -0.422 e. The van der Waals surface area contributed by atoms with Gasteiger partial charge in [0, 0.05) is 54.5 Å². The Labute approximate surface area is 282 Å². The molecule has 0 aliphatic heterocycles. The van der Waals surface area contributed by atoms with Crippen LogP contribution in [0.4, 0.5) is 0 Å². The van der Waals surface area contributed by atoms with E-state index in [-0.39, 0.29) is 11.3 Å². The Hall–Kier alpha value is -6.92. The number of para-hydroxylation sites is 4. The van der Waals surface area contributed by atoms with Gasteiger partial charge in [0.25, 0.3) is 0 Å². The summed E-state index contributed by atoms with van der Waals surface area (Å²) in [5.74, 6) is 0. The first-order chi connectivity index (χ1) is 24.6. The number of fused-ring (bicyclic) bond motifs is 12. The van der Waals surface area contributed by atoms with Crippen molar-refractivity contribution in [2.24, 2.45) is 0 Å². The molecule has 6 heteroatoms. The largest absolute Gasteiger partial charge is 0.422 e. The summed E-state index contributed by atoms with van der Waals surface area (Å²) in [6, 6.07) is 48.6.